The van der Waals surface area contributed by atoms with Crippen LogP contribution >= 0.6 is 0 Å². The Morgan fingerprint density at radius 3 is 2.30 bits per heavy atom. The van der Waals surface area contributed by atoms with Crippen LogP contribution in [0.25, 0.3) is 11.1 Å². The number of hydrogen-bond donors (Lipinski definition) is 2. The molecule has 3 nitrogen and oxygen atoms in total. The van der Waals surface area contributed by atoms with E-state index in [4.69, 9.17) is 4.74 Å². The molecule has 0 unspecified atom stereocenters. The van der Waals surface area contributed by atoms with Crippen LogP contribution in [0, 0.1) is 0 Å². The molecule has 2 N–H and O–H groups in total. The highest BCUT2D eigenvalue weighted by Crippen LogP contribution is 2.22. The fraction of sp³-hybridized carbons (Fsp3) is 0.400. The van der Waals surface area contributed by atoms with E-state index in [1.807, 2.05) is 42.5 Å². The molecule has 122 valence electrons. The van der Waals surface area contributed by atoms with Crippen LogP contribution < -0.4 is 10.1 Å². The van der Waals surface area contributed by atoms with E-state index < -0.39 is 6.10 Å². The zero-order valence-corrected chi connectivity index (χ0v) is 13.4. The third-order valence-electron chi connectivity index (χ3n) is 4.40. The second kappa shape index (κ2) is 8.14. The summed E-state index contributed by atoms with van der Waals surface area (Å²) >= 11 is 0. The van der Waals surface area contributed by atoms with E-state index in [-0.39, 0.29) is 0 Å². The number of aliphatic hydroxyl groups excluding tert-OH is 1. The minimum absolute atomic E-state index is 0.324. The van der Waals surface area contributed by atoms with Gasteiger partial charge in [-0.15, -0.1) is 0 Å². The van der Waals surface area contributed by atoms with Gasteiger partial charge in [-0.05, 0) is 36.1 Å². The lowest BCUT2D eigenvalue weighted by atomic mass is 10.1. The summed E-state index contributed by atoms with van der Waals surface area (Å²) in [5.74, 6) is 0.796. The van der Waals surface area contributed by atoms with Gasteiger partial charge in [0, 0.05) is 12.6 Å². The van der Waals surface area contributed by atoms with Gasteiger partial charge in [-0.3, -0.25) is 0 Å². The first kappa shape index (κ1) is 16.0. The van der Waals surface area contributed by atoms with E-state index >= 15 is 0 Å². The number of aliphatic hydroxyl groups is 1. The van der Waals surface area contributed by atoms with Crippen LogP contribution in [0.3, 0.4) is 0 Å². The van der Waals surface area contributed by atoms with Crippen LogP contribution in [0.15, 0.2) is 54.6 Å². The van der Waals surface area contributed by atoms with E-state index in [1.165, 1.54) is 36.8 Å². The van der Waals surface area contributed by atoms with Crippen molar-refractivity contribution in [1.29, 1.82) is 0 Å². The normalized spacial score (nSPS) is 16.4. The van der Waals surface area contributed by atoms with Gasteiger partial charge in [-0.2, -0.15) is 0 Å². The van der Waals surface area contributed by atoms with Gasteiger partial charge in [0.05, 0.1) is 0 Å². The summed E-state index contributed by atoms with van der Waals surface area (Å²) in [6, 6.07) is 18.9. The average Bonchev–Trinajstić information content (AvgIpc) is 3.13. The molecule has 0 aromatic heterocycles. The van der Waals surface area contributed by atoms with E-state index in [0.717, 1.165) is 5.75 Å². The van der Waals surface area contributed by atoms with Gasteiger partial charge < -0.3 is 15.2 Å². The van der Waals surface area contributed by atoms with Gasteiger partial charge in [-0.25, -0.2) is 0 Å². The second-order valence-corrected chi connectivity index (χ2v) is 6.24. The highest BCUT2D eigenvalue weighted by atomic mass is 16.5. The van der Waals surface area contributed by atoms with Gasteiger partial charge in [0.2, 0.25) is 0 Å². The fourth-order valence-electron chi connectivity index (χ4n) is 3.06. The molecule has 3 heteroatoms. The number of hydrogen-bond acceptors (Lipinski definition) is 3. The Morgan fingerprint density at radius 2 is 1.61 bits per heavy atom. The van der Waals surface area contributed by atoms with Crippen LogP contribution in [0.4, 0.5) is 0 Å². The Balaban J connectivity index is 1.44. The Kier molecular flexibility index (Phi) is 5.67. The molecule has 1 aliphatic carbocycles. The molecule has 0 heterocycles. The molecular weight excluding hydrogens is 286 g/mol. The summed E-state index contributed by atoms with van der Waals surface area (Å²) in [6.45, 7) is 0.928. The highest BCUT2D eigenvalue weighted by molar-refractivity contribution is 5.63. The molecule has 0 spiro atoms. The summed E-state index contributed by atoms with van der Waals surface area (Å²) in [5.41, 5.74) is 2.36. The molecule has 1 fully saturated rings. The number of nitrogens with one attached hydrogen (secondary N) is 1. The first-order chi connectivity index (χ1) is 11.3. The maximum Gasteiger partial charge on any atom is 0.119 e. The molecule has 1 atom stereocenters. The smallest absolute Gasteiger partial charge is 0.119 e. The topological polar surface area (TPSA) is 41.5 Å². The molecule has 2 aromatic rings. The zero-order valence-electron chi connectivity index (χ0n) is 13.4. The lowest BCUT2D eigenvalue weighted by molar-refractivity contribution is 0.104. The molecule has 23 heavy (non-hydrogen) atoms. The summed E-state index contributed by atoms with van der Waals surface area (Å²) in [7, 11) is 0. The van der Waals surface area contributed by atoms with Gasteiger partial charge in [0.15, 0.2) is 0 Å². The van der Waals surface area contributed by atoms with E-state index in [2.05, 4.69) is 17.4 Å². The summed E-state index contributed by atoms with van der Waals surface area (Å²) in [5, 5.41) is 13.4. The van der Waals surface area contributed by atoms with E-state index in [9.17, 15) is 5.11 Å². The zero-order chi connectivity index (χ0) is 15.9. The molecule has 0 aliphatic heterocycles. The van der Waals surface area contributed by atoms with Crippen LogP contribution in [0.5, 0.6) is 5.75 Å². The third kappa shape index (κ3) is 4.81. The minimum atomic E-state index is -0.468. The molecular formula is C20H25NO2. The first-order valence-electron chi connectivity index (χ1n) is 8.51. The van der Waals surface area contributed by atoms with E-state index in [1.54, 1.807) is 0 Å². The fourth-order valence-corrected chi connectivity index (χ4v) is 3.06. The summed E-state index contributed by atoms with van der Waals surface area (Å²) in [4.78, 5) is 0. The van der Waals surface area contributed by atoms with Gasteiger partial charge in [0.25, 0.3) is 0 Å². The number of ether oxygens (including phenoxy) is 1. The Labute approximate surface area is 138 Å². The van der Waals surface area contributed by atoms with Crippen molar-refractivity contribution < 1.29 is 9.84 Å². The lowest BCUT2D eigenvalue weighted by Gasteiger charge is -2.16. The molecule has 0 amide bonds. The van der Waals surface area contributed by atoms with Crippen molar-refractivity contribution in [2.24, 2.45) is 0 Å². The molecule has 0 bridgehead atoms. The van der Waals surface area contributed by atoms with Crippen molar-refractivity contribution in [2.45, 2.75) is 37.8 Å². The van der Waals surface area contributed by atoms with Crippen molar-refractivity contribution in [2.75, 3.05) is 13.2 Å². The molecule has 2 aromatic carbocycles. The van der Waals surface area contributed by atoms with Crippen molar-refractivity contribution in [3.8, 4) is 16.9 Å². The van der Waals surface area contributed by atoms with Crippen LogP contribution in [-0.2, 0) is 0 Å². The Morgan fingerprint density at radius 1 is 0.957 bits per heavy atom. The molecule has 0 radical (unpaired) electrons. The molecule has 0 saturated heterocycles. The SMILES string of the molecule is O[C@@H](CNC1CCCC1)COc1ccc(-c2ccccc2)cc1. The van der Waals surface area contributed by atoms with Crippen molar-refractivity contribution in [1.82, 2.24) is 5.32 Å². The maximum absolute atomic E-state index is 10.0. The molecule has 1 aliphatic rings. The Hall–Kier alpha value is -1.84. The van der Waals surface area contributed by atoms with Gasteiger partial charge in [0.1, 0.15) is 18.5 Å². The van der Waals surface area contributed by atoms with Crippen molar-refractivity contribution in [3.63, 3.8) is 0 Å². The molecule has 1 saturated carbocycles. The van der Waals surface area contributed by atoms with Crippen LogP contribution in [0.1, 0.15) is 25.7 Å². The average molecular weight is 311 g/mol. The van der Waals surface area contributed by atoms with Crippen LogP contribution in [0.2, 0.25) is 0 Å². The largest absolute Gasteiger partial charge is 0.491 e. The van der Waals surface area contributed by atoms with Crippen molar-refractivity contribution in [3.05, 3.63) is 54.6 Å². The second-order valence-electron chi connectivity index (χ2n) is 6.24. The third-order valence-corrected chi connectivity index (χ3v) is 4.40. The highest BCUT2D eigenvalue weighted by Gasteiger charge is 2.15. The van der Waals surface area contributed by atoms with Gasteiger partial charge >= 0.3 is 0 Å². The quantitative estimate of drug-likeness (QED) is 0.820. The Bertz CT molecular complexity index is 576. The predicted molar refractivity (Wildman–Crippen MR) is 93.6 cm³/mol. The standard InChI is InChI=1S/C20H25NO2/c22-19(14-21-18-8-4-5-9-18)15-23-20-12-10-17(11-13-20)16-6-2-1-3-7-16/h1-3,6-7,10-13,18-19,21-22H,4-5,8-9,14-15H2/t19-/m0/s1. The first-order valence-corrected chi connectivity index (χ1v) is 8.51. The van der Waals surface area contributed by atoms with Gasteiger partial charge in [-0.1, -0.05) is 55.3 Å². The monoisotopic (exact) mass is 311 g/mol. The van der Waals surface area contributed by atoms with Crippen molar-refractivity contribution >= 4 is 0 Å². The summed E-state index contributed by atoms with van der Waals surface area (Å²) in [6.07, 6.45) is 4.60. The lowest BCUT2D eigenvalue weighted by Crippen LogP contribution is -2.36. The molecule has 3 rings (SSSR count). The predicted octanol–water partition coefficient (Wildman–Crippen LogP) is 3.63. The maximum atomic E-state index is 10.0. The van der Waals surface area contributed by atoms with E-state index in [0.29, 0.717) is 19.2 Å². The summed E-state index contributed by atoms with van der Waals surface area (Å²) < 4.78 is 5.68. The van der Waals surface area contributed by atoms with Crippen LogP contribution in [-0.4, -0.2) is 30.4 Å². The number of rotatable bonds is 7. The number of benzene rings is 2. The minimum Gasteiger partial charge on any atom is -0.491 e.